The molecule has 0 spiro atoms. The molecular formula is C20H11ClN2OS2. The zero-order valence-corrected chi connectivity index (χ0v) is 15.7. The predicted molar refractivity (Wildman–Crippen MR) is 108 cm³/mol. The fourth-order valence-electron chi connectivity index (χ4n) is 2.43. The van der Waals surface area contributed by atoms with Gasteiger partial charge < -0.3 is 4.42 Å². The summed E-state index contributed by atoms with van der Waals surface area (Å²) in [6, 6.07) is 21.3. The third kappa shape index (κ3) is 3.68. The monoisotopic (exact) mass is 394 g/mol. The second kappa shape index (κ2) is 7.38. The number of allylic oxidation sites excluding steroid dienone is 1. The van der Waals surface area contributed by atoms with Gasteiger partial charge in [0.1, 0.15) is 17.6 Å². The van der Waals surface area contributed by atoms with E-state index in [2.05, 4.69) is 11.1 Å². The predicted octanol–water partition coefficient (Wildman–Crippen LogP) is 6.87. The van der Waals surface area contributed by atoms with Crippen LogP contribution < -0.4 is 0 Å². The third-order valence-corrected chi connectivity index (χ3v) is 5.85. The number of benzene rings is 2. The van der Waals surface area contributed by atoms with Gasteiger partial charge in [0.05, 0.1) is 15.1 Å². The molecule has 2 aromatic carbocycles. The maximum atomic E-state index is 9.46. The lowest BCUT2D eigenvalue weighted by molar-refractivity contribution is 0.572. The molecule has 4 rings (SSSR count). The minimum Gasteiger partial charge on any atom is -0.457 e. The maximum Gasteiger partial charge on any atom is 0.156 e. The Morgan fingerprint density at radius 3 is 2.85 bits per heavy atom. The van der Waals surface area contributed by atoms with Crippen molar-refractivity contribution < 1.29 is 4.42 Å². The summed E-state index contributed by atoms with van der Waals surface area (Å²) in [6.07, 6.45) is 1.73. The lowest BCUT2D eigenvalue weighted by Crippen LogP contribution is -1.74. The van der Waals surface area contributed by atoms with Crippen molar-refractivity contribution in [2.45, 2.75) is 4.34 Å². The van der Waals surface area contributed by atoms with Crippen molar-refractivity contribution >= 4 is 51.0 Å². The molecule has 4 aromatic rings. The molecule has 26 heavy (non-hydrogen) atoms. The van der Waals surface area contributed by atoms with Crippen LogP contribution in [-0.4, -0.2) is 4.98 Å². The van der Waals surface area contributed by atoms with Gasteiger partial charge in [-0.05, 0) is 48.2 Å². The first-order valence-electron chi connectivity index (χ1n) is 7.72. The first kappa shape index (κ1) is 16.9. The van der Waals surface area contributed by atoms with Crippen molar-refractivity contribution in [3.63, 3.8) is 0 Å². The van der Waals surface area contributed by atoms with Gasteiger partial charge in [-0.2, -0.15) is 5.26 Å². The van der Waals surface area contributed by atoms with Gasteiger partial charge in [-0.25, -0.2) is 4.98 Å². The smallest absolute Gasteiger partial charge is 0.156 e. The van der Waals surface area contributed by atoms with Crippen molar-refractivity contribution in [1.29, 1.82) is 5.26 Å². The van der Waals surface area contributed by atoms with E-state index in [-0.39, 0.29) is 0 Å². The summed E-state index contributed by atoms with van der Waals surface area (Å²) < 4.78 is 7.78. The molecule has 0 saturated heterocycles. The fraction of sp³-hybridized carbons (Fsp3) is 0. The number of hydrogen-bond donors (Lipinski definition) is 0. The van der Waals surface area contributed by atoms with Gasteiger partial charge in [0.2, 0.25) is 0 Å². The number of furan rings is 1. The van der Waals surface area contributed by atoms with E-state index in [0.717, 1.165) is 20.1 Å². The van der Waals surface area contributed by atoms with Crippen molar-refractivity contribution in [1.82, 2.24) is 4.98 Å². The molecule has 0 N–H and O–H groups in total. The number of fused-ring (bicyclic) bond motifs is 1. The summed E-state index contributed by atoms with van der Waals surface area (Å²) in [5.74, 6) is 1.33. The minimum absolute atomic E-state index is 0.524. The van der Waals surface area contributed by atoms with E-state index in [0.29, 0.717) is 21.4 Å². The van der Waals surface area contributed by atoms with E-state index < -0.39 is 0 Å². The van der Waals surface area contributed by atoms with Crippen LogP contribution in [0.5, 0.6) is 0 Å². The Hall–Kier alpha value is -2.52. The third-order valence-electron chi connectivity index (χ3n) is 3.59. The molecule has 3 nitrogen and oxygen atoms in total. The van der Waals surface area contributed by atoms with Crippen LogP contribution in [0.4, 0.5) is 0 Å². The van der Waals surface area contributed by atoms with E-state index in [9.17, 15) is 5.26 Å². The number of nitrogens with zero attached hydrogens (tertiary/aromatic N) is 2. The molecular weight excluding hydrogens is 384 g/mol. The van der Waals surface area contributed by atoms with Crippen LogP contribution in [0.3, 0.4) is 0 Å². The van der Waals surface area contributed by atoms with Crippen LogP contribution >= 0.6 is 34.7 Å². The largest absolute Gasteiger partial charge is 0.457 e. The number of nitriles is 1. The van der Waals surface area contributed by atoms with E-state index in [1.54, 1.807) is 17.4 Å². The average molecular weight is 395 g/mol. The van der Waals surface area contributed by atoms with Crippen LogP contribution in [0.2, 0.25) is 5.02 Å². The van der Waals surface area contributed by atoms with Crippen molar-refractivity contribution in [2.75, 3.05) is 0 Å². The summed E-state index contributed by atoms with van der Waals surface area (Å²) in [7, 11) is 0. The van der Waals surface area contributed by atoms with E-state index in [1.807, 2.05) is 60.7 Å². The van der Waals surface area contributed by atoms with Gasteiger partial charge in [-0.1, -0.05) is 35.9 Å². The van der Waals surface area contributed by atoms with Gasteiger partial charge in [-0.3, -0.25) is 0 Å². The maximum absolute atomic E-state index is 9.46. The highest BCUT2D eigenvalue weighted by molar-refractivity contribution is 8.05. The second-order valence-electron chi connectivity index (χ2n) is 5.38. The molecule has 0 radical (unpaired) electrons. The highest BCUT2D eigenvalue weighted by Gasteiger charge is 2.09. The summed E-state index contributed by atoms with van der Waals surface area (Å²) >= 11 is 8.94. The molecule has 0 bridgehead atoms. The Balaban J connectivity index is 1.59. The normalized spacial score (nSPS) is 11.6. The molecule has 0 atom stereocenters. The Morgan fingerprint density at radius 2 is 2.04 bits per heavy atom. The first-order valence-corrected chi connectivity index (χ1v) is 9.73. The van der Waals surface area contributed by atoms with Crippen LogP contribution in [0.1, 0.15) is 5.76 Å². The molecule has 0 aliphatic carbocycles. The Bertz CT molecular complexity index is 1120. The van der Waals surface area contributed by atoms with Gasteiger partial charge in [0.25, 0.3) is 0 Å². The van der Waals surface area contributed by atoms with Crippen LogP contribution in [-0.2, 0) is 0 Å². The SMILES string of the molecule is N#C/C(=C\c1ccc(-c2cccc(Cl)c2)o1)Sc1nc2ccccc2s1. The molecule has 0 amide bonds. The van der Waals surface area contributed by atoms with Gasteiger partial charge in [-0.15, -0.1) is 11.3 Å². The summed E-state index contributed by atoms with van der Waals surface area (Å²) in [5.41, 5.74) is 1.84. The molecule has 0 aliphatic rings. The minimum atomic E-state index is 0.524. The highest BCUT2D eigenvalue weighted by atomic mass is 35.5. The van der Waals surface area contributed by atoms with Crippen LogP contribution in [0.25, 0.3) is 27.6 Å². The zero-order valence-electron chi connectivity index (χ0n) is 13.3. The molecule has 2 heterocycles. The molecule has 0 fully saturated rings. The lowest BCUT2D eigenvalue weighted by Gasteiger charge is -1.97. The Morgan fingerprint density at radius 1 is 1.15 bits per heavy atom. The molecule has 2 aromatic heterocycles. The Kier molecular flexibility index (Phi) is 4.81. The Labute approximate surface area is 163 Å². The van der Waals surface area contributed by atoms with E-state index in [1.165, 1.54) is 11.8 Å². The van der Waals surface area contributed by atoms with Crippen LogP contribution in [0.15, 0.2) is 74.3 Å². The van der Waals surface area contributed by atoms with Gasteiger partial charge in [0.15, 0.2) is 4.34 Å². The molecule has 0 aliphatic heterocycles. The standard InChI is InChI=1S/C20H11ClN2OS2/c21-14-5-3-4-13(10-14)18-9-8-15(24-18)11-16(12-22)25-20-23-17-6-1-2-7-19(17)26-20/h1-11H/b16-11+. The van der Waals surface area contributed by atoms with Crippen LogP contribution in [0, 0.1) is 11.3 Å². The number of rotatable bonds is 4. The van der Waals surface area contributed by atoms with E-state index in [4.69, 9.17) is 16.0 Å². The van der Waals surface area contributed by atoms with Crippen molar-refractivity contribution in [3.05, 3.63) is 76.4 Å². The zero-order chi connectivity index (χ0) is 17.9. The second-order valence-corrected chi connectivity index (χ2v) is 8.14. The number of para-hydroxylation sites is 1. The van der Waals surface area contributed by atoms with E-state index >= 15 is 0 Å². The van der Waals surface area contributed by atoms with Crippen molar-refractivity contribution in [2.24, 2.45) is 0 Å². The summed E-state index contributed by atoms with van der Waals surface area (Å²) in [4.78, 5) is 5.07. The van der Waals surface area contributed by atoms with Crippen molar-refractivity contribution in [3.8, 4) is 17.4 Å². The first-order chi connectivity index (χ1) is 12.7. The van der Waals surface area contributed by atoms with Gasteiger partial charge >= 0.3 is 0 Å². The number of aromatic nitrogens is 1. The quantitative estimate of drug-likeness (QED) is 0.280. The number of thioether (sulfide) groups is 1. The molecule has 0 saturated carbocycles. The summed E-state index contributed by atoms with van der Waals surface area (Å²) in [5, 5.41) is 10.1. The lowest BCUT2D eigenvalue weighted by atomic mass is 10.2. The van der Waals surface area contributed by atoms with Gasteiger partial charge in [0, 0.05) is 16.7 Å². The number of halogens is 1. The summed E-state index contributed by atoms with van der Waals surface area (Å²) in [6.45, 7) is 0. The highest BCUT2D eigenvalue weighted by Crippen LogP contribution is 2.35. The number of hydrogen-bond acceptors (Lipinski definition) is 5. The molecule has 126 valence electrons. The number of thiazole rings is 1. The molecule has 0 unspecified atom stereocenters. The fourth-order valence-corrected chi connectivity index (χ4v) is 4.58. The topological polar surface area (TPSA) is 49.8 Å². The average Bonchev–Trinajstić information content (AvgIpc) is 3.27. The molecule has 6 heteroatoms.